The van der Waals surface area contributed by atoms with Gasteiger partial charge in [0.15, 0.2) is 23.1 Å². The van der Waals surface area contributed by atoms with Crippen molar-refractivity contribution in [2.24, 2.45) is 17.8 Å². The van der Waals surface area contributed by atoms with Gasteiger partial charge in [-0.2, -0.15) is 0 Å². The van der Waals surface area contributed by atoms with Gasteiger partial charge in [-0.3, -0.25) is 19.2 Å². The van der Waals surface area contributed by atoms with Gasteiger partial charge in [0.2, 0.25) is 0 Å². The van der Waals surface area contributed by atoms with Crippen molar-refractivity contribution in [2.45, 2.75) is 432 Å². The number of hydrogen-bond donors (Lipinski definition) is 10. The molecule has 6 atom stereocenters. The van der Waals surface area contributed by atoms with E-state index >= 15 is 0 Å². The molecule has 0 saturated heterocycles. The average molecular weight is 2000 g/mol. The van der Waals surface area contributed by atoms with Crippen LogP contribution in [-0.2, 0) is 0 Å². The monoisotopic (exact) mass is 2000 g/mol. The molecule has 0 aromatic heterocycles. The first-order valence-corrected chi connectivity index (χ1v) is 55.2. The van der Waals surface area contributed by atoms with Gasteiger partial charge in [-0.05, 0) is 235 Å². The normalized spacial score (nSPS) is 16.4. The summed E-state index contributed by atoms with van der Waals surface area (Å²) >= 11 is 0. The molecule has 0 bridgehead atoms. The molecule has 144 heavy (non-hydrogen) atoms. The molecule has 0 heterocycles. The van der Waals surface area contributed by atoms with E-state index in [4.69, 9.17) is 33.2 Å². The maximum atomic E-state index is 11.9. The Morgan fingerprint density at radius 2 is 0.465 bits per heavy atom. The van der Waals surface area contributed by atoms with Gasteiger partial charge in [-0.25, -0.2) is 0 Å². The van der Waals surface area contributed by atoms with Crippen LogP contribution in [0.2, 0.25) is 0 Å². The van der Waals surface area contributed by atoms with E-state index in [-0.39, 0.29) is 54.1 Å². The molecule has 4 fully saturated rings. The van der Waals surface area contributed by atoms with Gasteiger partial charge in [-0.15, -0.1) is 0 Å². The number of rotatable bonds is 52. The molecule has 7 aromatic rings. The Balaban J connectivity index is 0.000000296. The molecule has 0 aliphatic heterocycles. The van der Waals surface area contributed by atoms with Crippen molar-refractivity contribution in [2.75, 3.05) is 46.2 Å². The van der Waals surface area contributed by atoms with Crippen LogP contribution in [0.5, 0.6) is 40.2 Å². The summed E-state index contributed by atoms with van der Waals surface area (Å²) in [7, 11) is 0. The second-order valence-electron chi connectivity index (χ2n) is 41.6. The third-order valence-corrected chi connectivity index (χ3v) is 28.5. The zero-order chi connectivity index (χ0) is 106. The van der Waals surface area contributed by atoms with Crippen molar-refractivity contribution < 1.29 is 103 Å². The van der Waals surface area contributed by atoms with Crippen LogP contribution in [0.25, 0.3) is 0 Å². The number of ketones is 4. The van der Waals surface area contributed by atoms with Crippen molar-refractivity contribution in [3.8, 4) is 40.2 Å². The van der Waals surface area contributed by atoms with Crippen LogP contribution >= 0.6 is 0 Å². The van der Waals surface area contributed by atoms with E-state index in [2.05, 4.69) is 48.5 Å². The minimum Gasteiger partial charge on any atom is -0.491 e. The Bertz CT molecular complexity index is 4540. The molecule has 21 heteroatoms. The first kappa shape index (κ1) is 126. The predicted octanol–water partition coefficient (Wildman–Crippen LogP) is 27.6. The third-order valence-electron chi connectivity index (χ3n) is 28.5. The fraction of sp³-hybridized carbons (Fsp3) is 0.626. The summed E-state index contributed by atoms with van der Waals surface area (Å²) in [5.41, 5.74) is 0.345. The van der Waals surface area contributed by atoms with Crippen LogP contribution in [-0.4, -0.2) is 160 Å². The van der Waals surface area contributed by atoms with Gasteiger partial charge < -0.3 is 84.2 Å². The standard InChI is InChI=1S/C19H30O3.C19H32O3.2C18H28O3.C17H24O3.C16H22O3.C16H24O3/c1-3-15(2)18(20)16-9-8-10-17(13-16)22-14-19(21)11-6-4-5-7-12-19;1-5-11-19(21,12-6-2)14-22-17-10-8-9-16(13-17)18(20)15(4)7-3;1-3-14(2)17(19)15-8-7-9-16(12-15)21-13-18(20)10-5-4-6-11-18;1-4-8-17(19)15-9-7-10-16(13-15)21-14-18(20,11-5-2)12-6-3;1-2-7-16(18)14-8-6-9-15(12-14)20-13-17(19)10-4-3-5-11-17;1-2-6-15(17)13-7-5-8-14(11-13)19-12-16(18)9-3-4-10-16;1-4-8-15(17)13-9-7-10-14(11-13)19-12-16(18,5-2)6-3/h8-10,13,15,18,20-21H,3-7,11-12,14H2,1-2H3;8-10,13,15,18,20-21H,5-7,11-12,14H2,1-4H3;7-9,12,14,17,19-20H,3-6,10-11,13H2,1-2H3;7,9-10,13,20H,4-6,8,11-12,14H2,1-3H3;6,8-9,12,19H,2-5,7,10-11,13H2,1H3;5,7-8,11,18H,2-4,6,9-10,12H2,1H3;7,9-11,18H,4-6,8,12H2,1-3H3/t2*15-,18-;14-,17-;;;;/m111..../s1. The molecule has 4 saturated carbocycles. The molecule has 0 unspecified atom stereocenters. The Hall–Kier alpha value is -8.58. The van der Waals surface area contributed by atoms with Gasteiger partial charge in [0.25, 0.3) is 0 Å². The van der Waals surface area contributed by atoms with E-state index in [1.807, 2.05) is 202 Å². The Morgan fingerprint density at radius 1 is 0.271 bits per heavy atom. The van der Waals surface area contributed by atoms with E-state index in [0.717, 1.165) is 227 Å². The van der Waals surface area contributed by atoms with Crippen LogP contribution in [0, 0.1) is 17.8 Å². The number of hydrogen-bond acceptors (Lipinski definition) is 21. The number of carbonyl (C=O) groups is 4. The lowest BCUT2D eigenvalue weighted by Crippen LogP contribution is -2.37. The lowest BCUT2D eigenvalue weighted by Gasteiger charge is -2.31. The second kappa shape index (κ2) is 67.4. The minimum absolute atomic E-state index is 0.134. The van der Waals surface area contributed by atoms with Gasteiger partial charge in [0.05, 0.1) is 57.5 Å². The molecule has 0 amide bonds. The number of Topliss-reactive ketones (excluding diaryl/α,β-unsaturated/α-hetero) is 4. The molecule has 4 aliphatic rings. The van der Waals surface area contributed by atoms with Gasteiger partial charge in [0.1, 0.15) is 86.5 Å². The summed E-state index contributed by atoms with van der Waals surface area (Å²) in [4.78, 5) is 47.4. The number of benzene rings is 7. The molecular formula is C123H188O21. The minimum atomic E-state index is -0.788. The number of carbonyl (C=O) groups excluding carboxylic acids is 4. The van der Waals surface area contributed by atoms with Crippen molar-refractivity contribution in [1.82, 2.24) is 0 Å². The molecule has 0 radical (unpaired) electrons. The first-order chi connectivity index (χ1) is 68.9. The zero-order valence-electron chi connectivity index (χ0n) is 91.0. The molecule has 7 aromatic carbocycles. The van der Waals surface area contributed by atoms with Crippen molar-refractivity contribution in [3.63, 3.8) is 0 Å². The van der Waals surface area contributed by atoms with E-state index in [1.54, 1.807) is 30.3 Å². The summed E-state index contributed by atoms with van der Waals surface area (Å²) in [6, 6.07) is 51.8. The zero-order valence-corrected chi connectivity index (χ0v) is 91.0. The molecule has 0 spiro atoms. The summed E-state index contributed by atoms with van der Waals surface area (Å²) < 4.78 is 40.2. The highest BCUT2D eigenvalue weighted by Gasteiger charge is 2.36. The van der Waals surface area contributed by atoms with E-state index in [1.165, 1.54) is 25.7 Å². The van der Waals surface area contributed by atoms with Crippen molar-refractivity contribution in [1.29, 1.82) is 0 Å². The highest BCUT2D eigenvalue weighted by molar-refractivity contribution is 5.98. The topological polar surface area (TPSA) is 335 Å². The number of ether oxygens (including phenoxy) is 7. The molecule has 21 nitrogen and oxygen atoms in total. The summed E-state index contributed by atoms with van der Waals surface area (Å²) in [6.45, 7) is 34.6. The van der Waals surface area contributed by atoms with Crippen LogP contribution < -0.4 is 33.2 Å². The van der Waals surface area contributed by atoms with Crippen molar-refractivity contribution in [3.05, 3.63) is 209 Å². The Kier molecular flexibility index (Phi) is 58.9. The quantitative estimate of drug-likeness (QED) is 0.0125. The van der Waals surface area contributed by atoms with Crippen LogP contribution in [0.4, 0.5) is 0 Å². The maximum absolute atomic E-state index is 11.9. The maximum Gasteiger partial charge on any atom is 0.162 e. The Morgan fingerprint density at radius 3 is 0.681 bits per heavy atom. The number of aliphatic hydroxyl groups excluding tert-OH is 3. The lowest BCUT2D eigenvalue weighted by atomic mass is 9.85. The fourth-order valence-electron chi connectivity index (χ4n) is 18.3. The summed E-state index contributed by atoms with van der Waals surface area (Å²) in [5.74, 6) is 6.04. The number of aliphatic hydroxyl groups is 10. The van der Waals surface area contributed by atoms with Gasteiger partial charge >= 0.3 is 0 Å². The third kappa shape index (κ3) is 46.9. The predicted molar refractivity (Wildman–Crippen MR) is 581 cm³/mol. The van der Waals surface area contributed by atoms with Crippen LogP contribution in [0.15, 0.2) is 170 Å². The second-order valence-corrected chi connectivity index (χ2v) is 41.6. The smallest absolute Gasteiger partial charge is 0.162 e. The Labute approximate surface area is 866 Å². The fourth-order valence-corrected chi connectivity index (χ4v) is 18.3. The van der Waals surface area contributed by atoms with Crippen LogP contribution in [0.1, 0.15) is 450 Å². The SMILES string of the molecule is CCCC(=O)c1cccc(OCC(O)(CC)CC)c1.CCCC(=O)c1cccc(OCC(O)(CCC)CCC)c1.CCCC(=O)c1cccc(OCC2(O)CCCC2)c1.CCCC(=O)c1cccc(OCC2(O)CCCCC2)c1.CCCC(O)(CCC)COc1cccc([C@H](O)[C@H](C)CC)c1.CC[C@@H](C)[C@@H](O)c1cccc(OCC2(O)CCCCC2)c1.CC[C@@H](C)[C@@H](O)c1cccc(OCC2(O)CCCCCC2)c1. The van der Waals surface area contributed by atoms with E-state index in [9.17, 15) is 70.2 Å². The molecule has 10 N–H and O–H groups in total. The highest BCUT2D eigenvalue weighted by Crippen LogP contribution is 2.38. The van der Waals surface area contributed by atoms with E-state index in [0.29, 0.717) is 123 Å². The summed E-state index contributed by atoms with van der Waals surface area (Å²) in [6.07, 6.45) is 34.9. The first-order valence-electron chi connectivity index (χ1n) is 55.2. The molecule has 11 rings (SSSR count). The van der Waals surface area contributed by atoms with Crippen molar-refractivity contribution >= 4 is 23.1 Å². The van der Waals surface area contributed by atoms with Gasteiger partial charge in [0, 0.05) is 47.9 Å². The van der Waals surface area contributed by atoms with Gasteiger partial charge in [-0.1, -0.05) is 318 Å². The largest absolute Gasteiger partial charge is 0.491 e. The van der Waals surface area contributed by atoms with E-state index < -0.39 is 57.5 Å². The highest BCUT2D eigenvalue weighted by atomic mass is 16.5. The molecular weight excluding hydrogens is 1810 g/mol. The van der Waals surface area contributed by atoms with Crippen LogP contribution in [0.3, 0.4) is 0 Å². The lowest BCUT2D eigenvalue weighted by molar-refractivity contribution is -0.0341. The summed E-state index contributed by atoms with van der Waals surface area (Å²) in [5, 5.41) is 104. The molecule has 4 aliphatic carbocycles. The molecule has 806 valence electrons. The average Bonchev–Trinajstić information content (AvgIpc) is 1.79.